The van der Waals surface area contributed by atoms with Gasteiger partial charge in [0.25, 0.3) is 0 Å². The topological polar surface area (TPSA) is 17.1 Å². The molecule has 0 bridgehead atoms. The molecule has 0 aliphatic heterocycles. The lowest BCUT2D eigenvalue weighted by molar-refractivity contribution is -0.117. The first-order valence-corrected chi connectivity index (χ1v) is 5.48. The highest BCUT2D eigenvalue weighted by Gasteiger charge is 2.27. The number of alkyl halides is 2. The fourth-order valence-corrected chi connectivity index (χ4v) is 1.33. The lowest BCUT2D eigenvalue weighted by Gasteiger charge is -2.15. The van der Waals surface area contributed by atoms with Crippen LogP contribution in [0.15, 0.2) is 0 Å². The molecule has 66 valence electrons. The smallest absolute Gasteiger partial charge is 0.157 e. The van der Waals surface area contributed by atoms with Gasteiger partial charge in [-0.3, -0.25) is 4.79 Å². The van der Waals surface area contributed by atoms with Crippen LogP contribution in [0.1, 0.15) is 39.5 Å². The van der Waals surface area contributed by atoms with E-state index in [-0.39, 0.29) is 5.78 Å². The fraction of sp³-hybridized carbons (Fsp3) is 0.875. The Hall–Kier alpha value is 0.630. The molecule has 0 heterocycles. The van der Waals surface area contributed by atoms with Gasteiger partial charge >= 0.3 is 0 Å². The molecule has 0 spiro atoms. The molecule has 0 aromatic rings. The first kappa shape index (κ1) is 11.6. The first-order chi connectivity index (χ1) is 5.00. The van der Waals surface area contributed by atoms with Crippen molar-refractivity contribution in [3.63, 3.8) is 0 Å². The average Bonchev–Trinajstić information content (AvgIpc) is 1.88. The van der Waals surface area contributed by atoms with Crippen LogP contribution in [0.5, 0.6) is 0 Å². The molecule has 0 aliphatic rings. The van der Waals surface area contributed by atoms with Crippen molar-refractivity contribution >= 4 is 37.6 Å². The summed E-state index contributed by atoms with van der Waals surface area (Å²) in [6, 6.07) is 0. The number of carbonyl (C=O) groups is 1. The predicted octanol–water partition coefficient (Wildman–Crippen LogP) is 3.64. The van der Waals surface area contributed by atoms with Gasteiger partial charge in [0.1, 0.15) is 3.23 Å². The molecule has 0 N–H and O–H groups in total. The lowest BCUT2D eigenvalue weighted by Crippen LogP contribution is -2.21. The second-order valence-corrected chi connectivity index (χ2v) is 6.49. The number of hydrogen-bond donors (Lipinski definition) is 0. The van der Waals surface area contributed by atoms with Gasteiger partial charge < -0.3 is 0 Å². The Bertz CT molecular complexity index is 132. The van der Waals surface area contributed by atoms with E-state index < -0.39 is 3.23 Å². The number of unbranched alkanes of at least 4 members (excludes halogenated alkanes) is 2. The molecular formula is C8H14Br2O. The van der Waals surface area contributed by atoms with Crippen LogP contribution in [-0.4, -0.2) is 9.02 Å². The summed E-state index contributed by atoms with van der Waals surface area (Å²) in [4.78, 5) is 11.0. The third-order valence-electron chi connectivity index (χ3n) is 1.61. The molecule has 0 radical (unpaired) electrons. The molecule has 0 fully saturated rings. The fourth-order valence-electron chi connectivity index (χ4n) is 0.773. The second-order valence-electron chi connectivity index (χ2n) is 2.72. The van der Waals surface area contributed by atoms with E-state index in [1.807, 2.05) is 0 Å². The molecule has 0 atom stereocenters. The monoisotopic (exact) mass is 284 g/mol. The van der Waals surface area contributed by atoms with E-state index in [9.17, 15) is 4.79 Å². The van der Waals surface area contributed by atoms with E-state index >= 15 is 0 Å². The zero-order chi connectivity index (χ0) is 8.91. The van der Waals surface area contributed by atoms with Crippen LogP contribution in [0.2, 0.25) is 0 Å². The minimum absolute atomic E-state index is 0.147. The van der Waals surface area contributed by atoms with Gasteiger partial charge in [-0.25, -0.2) is 0 Å². The minimum Gasteiger partial charge on any atom is -0.297 e. The van der Waals surface area contributed by atoms with Gasteiger partial charge in [-0.15, -0.1) is 0 Å². The molecule has 0 unspecified atom stereocenters. The Morgan fingerprint density at radius 2 is 1.91 bits per heavy atom. The van der Waals surface area contributed by atoms with E-state index in [2.05, 4.69) is 38.8 Å². The Kier molecular flexibility index (Phi) is 5.61. The SMILES string of the molecule is CCCCCC(Br)(Br)C(C)=O. The van der Waals surface area contributed by atoms with Crippen molar-refractivity contribution in [1.29, 1.82) is 0 Å². The van der Waals surface area contributed by atoms with Gasteiger partial charge in [-0.05, 0) is 13.3 Å². The van der Waals surface area contributed by atoms with Gasteiger partial charge in [0.05, 0.1) is 0 Å². The van der Waals surface area contributed by atoms with Gasteiger partial charge in [-0.2, -0.15) is 0 Å². The van der Waals surface area contributed by atoms with Crippen molar-refractivity contribution < 1.29 is 4.79 Å². The van der Waals surface area contributed by atoms with Gasteiger partial charge in [0.2, 0.25) is 0 Å². The van der Waals surface area contributed by atoms with Crippen LogP contribution in [0, 0.1) is 0 Å². The van der Waals surface area contributed by atoms with Crippen LogP contribution >= 0.6 is 31.9 Å². The molecule has 0 saturated carbocycles. The van der Waals surface area contributed by atoms with Crippen LogP contribution in [0.4, 0.5) is 0 Å². The Morgan fingerprint density at radius 1 is 1.36 bits per heavy atom. The van der Waals surface area contributed by atoms with Crippen molar-refractivity contribution in [2.24, 2.45) is 0 Å². The summed E-state index contributed by atoms with van der Waals surface area (Å²) in [5.74, 6) is 0.147. The number of carbonyl (C=O) groups excluding carboxylic acids is 1. The Balaban J connectivity index is 3.64. The summed E-state index contributed by atoms with van der Waals surface area (Å²) in [6.07, 6.45) is 4.34. The number of ketones is 1. The van der Waals surface area contributed by atoms with Crippen LogP contribution < -0.4 is 0 Å². The van der Waals surface area contributed by atoms with Crippen molar-refractivity contribution in [3.05, 3.63) is 0 Å². The maximum absolute atomic E-state index is 11.0. The molecule has 0 aromatic carbocycles. The standard InChI is InChI=1S/C8H14Br2O/c1-3-4-5-6-8(9,10)7(2)11/h3-6H2,1-2H3. The molecule has 0 rings (SSSR count). The van der Waals surface area contributed by atoms with E-state index in [1.54, 1.807) is 6.92 Å². The summed E-state index contributed by atoms with van der Waals surface area (Å²) in [6.45, 7) is 3.74. The third-order valence-corrected chi connectivity index (χ3v) is 3.52. The molecule has 3 heteroatoms. The average molecular weight is 286 g/mol. The quantitative estimate of drug-likeness (QED) is 0.557. The van der Waals surface area contributed by atoms with Crippen molar-refractivity contribution in [3.8, 4) is 0 Å². The minimum atomic E-state index is -0.463. The normalized spacial score (nSPS) is 11.6. The highest BCUT2D eigenvalue weighted by molar-refractivity contribution is 9.25. The highest BCUT2D eigenvalue weighted by Crippen LogP contribution is 2.33. The maximum atomic E-state index is 11.0. The molecule has 11 heavy (non-hydrogen) atoms. The van der Waals surface area contributed by atoms with Crippen LogP contribution in [0.25, 0.3) is 0 Å². The summed E-state index contributed by atoms with van der Waals surface area (Å²) in [5, 5.41) is 0. The van der Waals surface area contributed by atoms with Crippen LogP contribution in [0.3, 0.4) is 0 Å². The van der Waals surface area contributed by atoms with E-state index in [1.165, 1.54) is 12.8 Å². The van der Waals surface area contributed by atoms with E-state index in [0.29, 0.717) is 0 Å². The van der Waals surface area contributed by atoms with Crippen LogP contribution in [-0.2, 0) is 4.79 Å². The third kappa shape index (κ3) is 4.96. The summed E-state index contributed by atoms with van der Waals surface area (Å²) >= 11 is 6.69. The molecule has 0 saturated heterocycles. The molecule has 0 aliphatic carbocycles. The van der Waals surface area contributed by atoms with Crippen molar-refractivity contribution in [1.82, 2.24) is 0 Å². The van der Waals surface area contributed by atoms with E-state index in [4.69, 9.17) is 0 Å². The lowest BCUT2D eigenvalue weighted by atomic mass is 10.1. The molecule has 0 amide bonds. The van der Waals surface area contributed by atoms with Gasteiger partial charge in [0, 0.05) is 0 Å². The summed E-state index contributed by atoms with van der Waals surface area (Å²) in [5.41, 5.74) is 0. The van der Waals surface area contributed by atoms with E-state index in [0.717, 1.165) is 12.8 Å². The number of hydrogen-bond acceptors (Lipinski definition) is 1. The molecule has 0 aromatic heterocycles. The summed E-state index contributed by atoms with van der Waals surface area (Å²) in [7, 11) is 0. The maximum Gasteiger partial charge on any atom is 0.157 e. The van der Waals surface area contributed by atoms with Gasteiger partial charge in [-0.1, -0.05) is 58.0 Å². The zero-order valence-corrected chi connectivity index (χ0v) is 10.2. The Labute approximate surface area is 85.2 Å². The first-order valence-electron chi connectivity index (χ1n) is 3.89. The van der Waals surface area contributed by atoms with Crippen molar-refractivity contribution in [2.45, 2.75) is 42.8 Å². The van der Waals surface area contributed by atoms with Gasteiger partial charge in [0.15, 0.2) is 5.78 Å². The summed E-state index contributed by atoms with van der Waals surface area (Å²) < 4.78 is -0.463. The largest absolute Gasteiger partial charge is 0.297 e. The Morgan fingerprint density at radius 3 is 2.27 bits per heavy atom. The molecule has 1 nitrogen and oxygen atoms in total. The second kappa shape index (κ2) is 5.31. The number of Topliss-reactive ketones (excluding diaryl/α,β-unsaturated/α-hetero) is 1. The number of rotatable bonds is 5. The highest BCUT2D eigenvalue weighted by atomic mass is 79.9. The zero-order valence-electron chi connectivity index (χ0n) is 6.99. The van der Waals surface area contributed by atoms with Crippen molar-refractivity contribution in [2.75, 3.05) is 0 Å². The predicted molar refractivity (Wildman–Crippen MR) is 55.4 cm³/mol. The molecular weight excluding hydrogens is 272 g/mol. The number of halogens is 2.